The highest BCUT2D eigenvalue weighted by Gasteiger charge is 2.31. The predicted molar refractivity (Wildman–Crippen MR) is 137 cm³/mol. The molecule has 2 fully saturated rings. The van der Waals surface area contributed by atoms with E-state index in [9.17, 15) is 9.59 Å². The molecule has 1 N–H and O–H groups in total. The molecule has 36 heavy (non-hydrogen) atoms. The monoisotopic (exact) mass is 496 g/mol. The topological polar surface area (TPSA) is 93.0 Å². The molecular weight excluding hydrogens is 472 g/mol. The van der Waals surface area contributed by atoms with Gasteiger partial charge in [0.05, 0.1) is 10.6 Å². The minimum Gasteiger partial charge on any atom is -0.349 e. The van der Waals surface area contributed by atoms with Gasteiger partial charge in [-0.3, -0.25) is 9.59 Å². The van der Waals surface area contributed by atoms with Gasteiger partial charge in [0.25, 0.3) is 11.8 Å². The number of hydrogen-bond acceptors (Lipinski definition) is 6. The third kappa shape index (κ3) is 3.80. The van der Waals surface area contributed by atoms with E-state index >= 15 is 0 Å². The van der Waals surface area contributed by atoms with Gasteiger partial charge in [-0.25, -0.2) is 4.98 Å². The summed E-state index contributed by atoms with van der Waals surface area (Å²) in [7, 11) is 0. The number of pyridine rings is 1. The van der Waals surface area contributed by atoms with Crippen LogP contribution in [0.1, 0.15) is 57.4 Å². The zero-order valence-electron chi connectivity index (χ0n) is 19.6. The number of nitrogens with one attached hydrogen (secondary N) is 1. The molecule has 7 rings (SSSR count). The van der Waals surface area contributed by atoms with Gasteiger partial charge in [-0.05, 0) is 61.9 Å². The number of nitrogens with zero attached hydrogens (tertiary/aromatic N) is 5. The Bertz CT molecular complexity index is 1500. The van der Waals surface area contributed by atoms with Crippen molar-refractivity contribution in [1.82, 2.24) is 25.1 Å². The fourth-order valence-electron chi connectivity index (χ4n) is 4.77. The molecule has 0 radical (unpaired) electrons. The number of benzene rings is 1. The van der Waals surface area contributed by atoms with E-state index < -0.39 is 0 Å². The Kier molecular flexibility index (Phi) is 4.99. The number of fused-ring (bicyclic) bond motifs is 3. The average molecular weight is 497 g/mol. The van der Waals surface area contributed by atoms with Gasteiger partial charge in [0.15, 0.2) is 5.82 Å². The van der Waals surface area contributed by atoms with E-state index in [-0.39, 0.29) is 11.8 Å². The number of hydrogen-bond donors (Lipinski definition) is 1. The van der Waals surface area contributed by atoms with Crippen molar-refractivity contribution >= 4 is 28.8 Å². The van der Waals surface area contributed by atoms with Crippen LogP contribution in [0.25, 0.3) is 22.0 Å². The largest absolute Gasteiger partial charge is 0.349 e. The third-order valence-electron chi connectivity index (χ3n) is 6.95. The SMILES string of the molecule is O=C(NC1CC1)c1cc2c(s1)-c1ccccc1N(C(=O)c1cccc(-c3nncn3C3CC3)n1)CC2. The van der Waals surface area contributed by atoms with Gasteiger partial charge in [0.1, 0.15) is 17.7 Å². The lowest BCUT2D eigenvalue weighted by atomic mass is 10.1. The van der Waals surface area contributed by atoms with Crippen molar-refractivity contribution in [2.24, 2.45) is 0 Å². The Morgan fingerprint density at radius 1 is 1.03 bits per heavy atom. The van der Waals surface area contributed by atoms with Crippen molar-refractivity contribution in [3.8, 4) is 22.0 Å². The Labute approximate surface area is 212 Å². The van der Waals surface area contributed by atoms with Crippen LogP contribution >= 0.6 is 11.3 Å². The zero-order chi connectivity index (χ0) is 24.2. The average Bonchev–Trinajstić information content (AvgIpc) is 3.84. The molecular formula is C27H24N6O2S. The summed E-state index contributed by atoms with van der Waals surface area (Å²) in [5.41, 5.74) is 3.94. The lowest BCUT2D eigenvalue weighted by molar-refractivity contribution is 0.0952. The van der Waals surface area contributed by atoms with Crippen LogP contribution in [-0.4, -0.2) is 44.1 Å². The van der Waals surface area contributed by atoms with Crippen LogP contribution in [0.5, 0.6) is 0 Å². The summed E-state index contributed by atoms with van der Waals surface area (Å²) in [6.07, 6.45) is 6.75. The van der Waals surface area contributed by atoms with Crippen molar-refractivity contribution in [2.45, 2.75) is 44.2 Å². The zero-order valence-corrected chi connectivity index (χ0v) is 20.4. The molecule has 1 aliphatic heterocycles. The first-order valence-electron chi connectivity index (χ1n) is 12.4. The van der Waals surface area contributed by atoms with Crippen molar-refractivity contribution in [3.05, 3.63) is 71.0 Å². The Morgan fingerprint density at radius 2 is 1.89 bits per heavy atom. The molecule has 9 heteroatoms. The van der Waals surface area contributed by atoms with Crippen molar-refractivity contribution in [2.75, 3.05) is 11.4 Å². The van der Waals surface area contributed by atoms with E-state index in [0.717, 1.165) is 52.3 Å². The Balaban J connectivity index is 1.22. The third-order valence-corrected chi connectivity index (χ3v) is 8.15. The second-order valence-corrected chi connectivity index (χ2v) is 10.7. The number of carbonyl (C=O) groups excluding carboxylic acids is 2. The number of carbonyl (C=O) groups is 2. The molecule has 2 saturated carbocycles. The molecule has 2 aliphatic carbocycles. The number of anilines is 1. The number of amides is 2. The Morgan fingerprint density at radius 3 is 2.72 bits per heavy atom. The predicted octanol–water partition coefficient (Wildman–Crippen LogP) is 4.50. The molecule has 0 unspecified atom stereocenters. The standard InChI is InChI=1S/C27H24N6O2S/c34-26(29-17-8-9-17)23-14-16-12-13-32(22-7-2-1-4-19(22)24(16)36-23)27(35)21-6-3-5-20(30-21)25-31-28-15-33(25)18-10-11-18/h1-7,14-15,17-18H,8-13H2,(H,29,34). The van der Waals surface area contributed by atoms with E-state index in [0.29, 0.717) is 42.3 Å². The molecule has 3 aliphatic rings. The second kappa shape index (κ2) is 8.37. The van der Waals surface area contributed by atoms with Crippen molar-refractivity contribution in [1.29, 1.82) is 0 Å². The molecule has 0 bridgehead atoms. The minimum atomic E-state index is -0.149. The van der Waals surface area contributed by atoms with Gasteiger partial charge in [-0.15, -0.1) is 21.5 Å². The first-order chi connectivity index (χ1) is 17.7. The van der Waals surface area contributed by atoms with Crippen LogP contribution in [0.3, 0.4) is 0 Å². The highest BCUT2D eigenvalue weighted by molar-refractivity contribution is 7.17. The quantitative estimate of drug-likeness (QED) is 0.439. The number of para-hydroxylation sites is 1. The summed E-state index contributed by atoms with van der Waals surface area (Å²) < 4.78 is 2.05. The summed E-state index contributed by atoms with van der Waals surface area (Å²) in [5.74, 6) is 0.548. The molecule has 4 aromatic rings. The van der Waals surface area contributed by atoms with E-state index in [1.54, 1.807) is 12.4 Å². The van der Waals surface area contributed by atoms with Crippen molar-refractivity contribution < 1.29 is 9.59 Å². The van der Waals surface area contributed by atoms with Crippen LogP contribution in [0.15, 0.2) is 54.9 Å². The minimum absolute atomic E-state index is 0.000972. The van der Waals surface area contributed by atoms with E-state index in [1.165, 1.54) is 11.3 Å². The van der Waals surface area contributed by atoms with E-state index in [1.807, 2.05) is 51.9 Å². The molecule has 0 spiro atoms. The molecule has 4 heterocycles. The van der Waals surface area contributed by atoms with Crippen LogP contribution in [0, 0.1) is 0 Å². The van der Waals surface area contributed by atoms with Crippen LogP contribution in [0.4, 0.5) is 5.69 Å². The highest BCUT2D eigenvalue weighted by Crippen LogP contribution is 2.42. The summed E-state index contributed by atoms with van der Waals surface area (Å²) in [4.78, 5) is 34.8. The lowest BCUT2D eigenvalue weighted by Crippen LogP contribution is -2.33. The van der Waals surface area contributed by atoms with Gasteiger partial charge < -0.3 is 14.8 Å². The van der Waals surface area contributed by atoms with E-state index in [4.69, 9.17) is 4.98 Å². The molecule has 3 aromatic heterocycles. The summed E-state index contributed by atoms with van der Waals surface area (Å²) in [6.45, 7) is 0.507. The summed E-state index contributed by atoms with van der Waals surface area (Å²) in [6, 6.07) is 16.1. The maximum Gasteiger partial charge on any atom is 0.276 e. The molecule has 0 atom stereocenters. The maximum atomic E-state index is 13.8. The van der Waals surface area contributed by atoms with Crippen LogP contribution < -0.4 is 10.2 Å². The van der Waals surface area contributed by atoms with Gasteiger partial charge in [-0.2, -0.15) is 0 Å². The Hall–Kier alpha value is -3.85. The molecule has 0 saturated heterocycles. The van der Waals surface area contributed by atoms with Crippen LogP contribution in [0.2, 0.25) is 0 Å². The van der Waals surface area contributed by atoms with Crippen molar-refractivity contribution in [3.63, 3.8) is 0 Å². The van der Waals surface area contributed by atoms with Gasteiger partial charge >= 0.3 is 0 Å². The van der Waals surface area contributed by atoms with E-state index in [2.05, 4.69) is 15.5 Å². The van der Waals surface area contributed by atoms with Gasteiger partial charge in [0.2, 0.25) is 0 Å². The first-order valence-corrected chi connectivity index (χ1v) is 13.2. The summed E-state index contributed by atoms with van der Waals surface area (Å²) in [5, 5.41) is 11.4. The first kappa shape index (κ1) is 21.4. The van der Waals surface area contributed by atoms with Gasteiger partial charge in [-0.1, -0.05) is 24.3 Å². The lowest BCUT2D eigenvalue weighted by Gasteiger charge is -2.22. The molecule has 2 amide bonds. The second-order valence-electron chi connectivity index (χ2n) is 9.64. The number of thiophene rings is 1. The maximum absolute atomic E-state index is 13.8. The number of aromatic nitrogens is 4. The fraction of sp³-hybridized carbons (Fsp3) is 0.296. The smallest absolute Gasteiger partial charge is 0.276 e. The molecule has 1 aromatic carbocycles. The molecule has 180 valence electrons. The normalized spacial score (nSPS) is 16.7. The number of rotatable bonds is 5. The highest BCUT2D eigenvalue weighted by atomic mass is 32.1. The van der Waals surface area contributed by atoms with Crippen LogP contribution in [-0.2, 0) is 6.42 Å². The molecule has 8 nitrogen and oxygen atoms in total. The summed E-state index contributed by atoms with van der Waals surface area (Å²) >= 11 is 1.51. The van der Waals surface area contributed by atoms with Gasteiger partial charge in [0, 0.05) is 29.1 Å². The fourth-order valence-corrected chi connectivity index (χ4v) is 5.91.